The highest BCUT2D eigenvalue weighted by atomic mass is 16.1. The lowest BCUT2D eigenvalue weighted by molar-refractivity contribution is 0.0940. The predicted octanol–water partition coefficient (Wildman–Crippen LogP) is 3.53. The highest BCUT2D eigenvalue weighted by Crippen LogP contribution is 2.19. The number of aromatic nitrogens is 1. The van der Waals surface area contributed by atoms with Gasteiger partial charge in [-0.05, 0) is 12.1 Å². The van der Waals surface area contributed by atoms with Gasteiger partial charge >= 0.3 is 0 Å². The second-order valence-electron chi connectivity index (χ2n) is 4.67. The van der Waals surface area contributed by atoms with E-state index in [1.165, 1.54) is 6.92 Å². The molecule has 0 aliphatic rings. The lowest BCUT2D eigenvalue weighted by Crippen LogP contribution is -2.05. The van der Waals surface area contributed by atoms with Gasteiger partial charge in [0.25, 0.3) is 0 Å². The van der Waals surface area contributed by atoms with E-state index < -0.39 is 0 Å². The molecule has 3 nitrogen and oxygen atoms in total. The van der Waals surface area contributed by atoms with E-state index in [0.717, 1.165) is 10.9 Å². The number of ketones is 1. The average Bonchev–Trinajstić information content (AvgIpc) is 2.90. The van der Waals surface area contributed by atoms with Crippen LogP contribution in [0.1, 0.15) is 27.6 Å². The molecule has 3 heteroatoms. The van der Waals surface area contributed by atoms with Crippen LogP contribution in [0.4, 0.5) is 0 Å². The molecule has 3 aromatic rings. The number of carbonyl (C=O) groups excluding carboxylic acids is 2. The second-order valence-corrected chi connectivity index (χ2v) is 4.67. The zero-order chi connectivity index (χ0) is 14.1. The Labute approximate surface area is 116 Å². The molecule has 0 bridgehead atoms. The molecule has 0 fully saturated rings. The summed E-state index contributed by atoms with van der Waals surface area (Å²) >= 11 is 0. The third kappa shape index (κ3) is 2.03. The van der Waals surface area contributed by atoms with Gasteiger partial charge in [0.1, 0.15) is 0 Å². The molecule has 0 N–H and O–H groups in total. The third-order valence-corrected chi connectivity index (χ3v) is 3.33. The fourth-order valence-electron chi connectivity index (χ4n) is 2.30. The summed E-state index contributed by atoms with van der Waals surface area (Å²) in [6, 6.07) is 16.4. The van der Waals surface area contributed by atoms with Crippen molar-refractivity contribution in [2.75, 3.05) is 0 Å². The average molecular weight is 263 g/mol. The normalized spacial score (nSPS) is 10.7. The van der Waals surface area contributed by atoms with E-state index in [-0.39, 0.29) is 11.7 Å². The molecule has 0 unspecified atom stereocenters. The number of carbonyl (C=O) groups is 2. The monoisotopic (exact) mass is 263 g/mol. The van der Waals surface area contributed by atoms with Gasteiger partial charge in [0.15, 0.2) is 5.78 Å². The summed E-state index contributed by atoms with van der Waals surface area (Å²) in [5.74, 6) is -0.104. The standard InChI is InChI=1S/C17H13NO2/c1-12(19)18-10-9-13-7-8-15(11-16(13)18)17(20)14-5-3-2-4-6-14/h2-11H,1H3. The largest absolute Gasteiger partial charge is 0.289 e. The molecule has 20 heavy (non-hydrogen) atoms. The maximum Gasteiger partial charge on any atom is 0.227 e. The first-order valence-electron chi connectivity index (χ1n) is 6.38. The van der Waals surface area contributed by atoms with Crippen molar-refractivity contribution in [1.29, 1.82) is 0 Å². The summed E-state index contributed by atoms with van der Waals surface area (Å²) in [6.45, 7) is 1.51. The van der Waals surface area contributed by atoms with Crippen molar-refractivity contribution in [3.8, 4) is 0 Å². The van der Waals surface area contributed by atoms with Gasteiger partial charge in [0.05, 0.1) is 5.52 Å². The predicted molar refractivity (Wildman–Crippen MR) is 78.1 cm³/mol. The maximum atomic E-state index is 12.4. The van der Waals surface area contributed by atoms with Crippen molar-refractivity contribution in [1.82, 2.24) is 4.57 Å². The summed E-state index contributed by atoms with van der Waals surface area (Å²) in [5, 5.41) is 0.949. The minimum Gasteiger partial charge on any atom is -0.289 e. The Bertz CT molecular complexity index is 800. The molecule has 0 atom stereocenters. The summed E-state index contributed by atoms with van der Waals surface area (Å²) in [6.07, 6.45) is 1.73. The van der Waals surface area contributed by atoms with Crippen LogP contribution < -0.4 is 0 Å². The molecule has 0 spiro atoms. The Balaban J connectivity index is 2.11. The summed E-state index contributed by atoms with van der Waals surface area (Å²) < 4.78 is 1.55. The molecular weight excluding hydrogens is 250 g/mol. The fourth-order valence-corrected chi connectivity index (χ4v) is 2.30. The van der Waals surface area contributed by atoms with E-state index in [9.17, 15) is 9.59 Å². The molecule has 0 aliphatic carbocycles. The molecule has 0 amide bonds. The van der Waals surface area contributed by atoms with Crippen LogP contribution in [0.25, 0.3) is 10.9 Å². The lowest BCUT2D eigenvalue weighted by atomic mass is 10.0. The van der Waals surface area contributed by atoms with Crippen molar-refractivity contribution >= 4 is 22.6 Å². The summed E-state index contributed by atoms with van der Waals surface area (Å²) in [5.41, 5.74) is 2.00. The molecule has 2 aromatic carbocycles. The van der Waals surface area contributed by atoms with Gasteiger partial charge < -0.3 is 0 Å². The van der Waals surface area contributed by atoms with Crippen LogP contribution in [-0.2, 0) is 0 Å². The Hall–Kier alpha value is -2.68. The Morgan fingerprint density at radius 1 is 0.900 bits per heavy atom. The van der Waals surface area contributed by atoms with Gasteiger partial charge in [0, 0.05) is 29.6 Å². The van der Waals surface area contributed by atoms with E-state index in [1.54, 1.807) is 35.0 Å². The van der Waals surface area contributed by atoms with Crippen molar-refractivity contribution in [3.05, 3.63) is 71.9 Å². The van der Waals surface area contributed by atoms with Crippen LogP contribution in [0.2, 0.25) is 0 Å². The van der Waals surface area contributed by atoms with Gasteiger partial charge in [-0.2, -0.15) is 0 Å². The number of nitrogens with zero attached hydrogens (tertiary/aromatic N) is 1. The molecule has 3 rings (SSSR count). The van der Waals surface area contributed by atoms with E-state index in [1.807, 2.05) is 30.3 Å². The van der Waals surface area contributed by atoms with Crippen LogP contribution in [0.15, 0.2) is 60.8 Å². The van der Waals surface area contributed by atoms with Crippen molar-refractivity contribution in [3.63, 3.8) is 0 Å². The fraction of sp³-hybridized carbons (Fsp3) is 0.0588. The number of hydrogen-bond donors (Lipinski definition) is 0. The van der Waals surface area contributed by atoms with Gasteiger partial charge in [-0.15, -0.1) is 0 Å². The van der Waals surface area contributed by atoms with E-state index in [0.29, 0.717) is 11.1 Å². The number of rotatable bonds is 2. The van der Waals surface area contributed by atoms with Gasteiger partial charge in [0.2, 0.25) is 5.91 Å². The quantitative estimate of drug-likeness (QED) is 0.663. The Morgan fingerprint density at radius 2 is 1.65 bits per heavy atom. The number of benzene rings is 2. The lowest BCUT2D eigenvalue weighted by Gasteiger charge is -2.04. The van der Waals surface area contributed by atoms with Gasteiger partial charge in [-0.25, -0.2) is 0 Å². The second kappa shape index (κ2) is 4.78. The minimum absolute atomic E-state index is 0.0381. The molecule has 1 heterocycles. The van der Waals surface area contributed by atoms with Crippen LogP contribution in [-0.4, -0.2) is 16.3 Å². The van der Waals surface area contributed by atoms with Gasteiger partial charge in [-0.3, -0.25) is 14.2 Å². The SMILES string of the molecule is CC(=O)n1ccc2ccc(C(=O)c3ccccc3)cc21. The first-order valence-corrected chi connectivity index (χ1v) is 6.38. The Morgan fingerprint density at radius 3 is 2.35 bits per heavy atom. The third-order valence-electron chi connectivity index (χ3n) is 3.33. The molecule has 98 valence electrons. The van der Waals surface area contributed by atoms with Crippen LogP contribution in [0, 0.1) is 0 Å². The molecule has 0 radical (unpaired) electrons. The van der Waals surface area contributed by atoms with Crippen molar-refractivity contribution in [2.24, 2.45) is 0 Å². The highest BCUT2D eigenvalue weighted by molar-refractivity contribution is 6.10. The maximum absolute atomic E-state index is 12.4. The summed E-state index contributed by atoms with van der Waals surface area (Å²) in [4.78, 5) is 23.9. The molecular formula is C17H13NO2. The van der Waals surface area contributed by atoms with Gasteiger partial charge in [-0.1, -0.05) is 42.5 Å². The van der Waals surface area contributed by atoms with Crippen LogP contribution >= 0.6 is 0 Å². The topological polar surface area (TPSA) is 39.1 Å². The van der Waals surface area contributed by atoms with E-state index >= 15 is 0 Å². The molecule has 0 saturated carbocycles. The van der Waals surface area contributed by atoms with E-state index in [4.69, 9.17) is 0 Å². The smallest absolute Gasteiger partial charge is 0.227 e. The Kier molecular flexibility index (Phi) is 2.95. The summed E-state index contributed by atoms with van der Waals surface area (Å²) in [7, 11) is 0. The molecule has 0 saturated heterocycles. The number of fused-ring (bicyclic) bond motifs is 1. The minimum atomic E-state index is -0.0655. The van der Waals surface area contributed by atoms with E-state index in [2.05, 4.69) is 0 Å². The van der Waals surface area contributed by atoms with Crippen molar-refractivity contribution < 1.29 is 9.59 Å². The first-order chi connectivity index (χ1) is 9.66. The zero-order valence-electron chi connectivity index (χ0n) is 11.0. The van der Waals surface area contributed by atoms with Crippen LogP contribution in [0.5, 0.6) is 0 Å². The zero-order valence-corrected chi connectivity index (χ0v) is 11.0. The van der Waals surface area contributed by atoms with Crippen molar-refractivity contribution in [2.45, 2.75) is 6.92 Å². The molecule has 0 aliphatic heterocycles. The number of hydrogen-bond acceptors (Lipinski definition) is 2. The molecule has 1 aromatic heterocycles. The highest BCUT2D eigenvalue weighted by Gasteiger charge is 2.11. The first kappa shape index (κ1) is 12.4. The van der Waals surface area contributed by atoms with Crippen LogP contribution in [0.3, 0.4) is 0 Å².